The van der Waals surface area contributed by atoms with Crippen LogP contribution in [0.5, 0.6) is 5.75 Å². The van der Waals surface area contributed by atoms with Crippen molar-refractivity contribution in [3.8, 4) is 5.75 Å². The highest BCUT2D eigenvalue weighted by Crippen LogP contribution is 2.30. The SMILES string of the molecule is CCCN(C1CCN(C(=O)O)CC1)C1CCc2ccc(OC)cc2C1. The Bertz CT molecular complexity index is 597. The monoisotopic (exact) mass is 346 g/mol. The van der Waals surface area contributed by atoms with E-state index in [1.807, 2.05) is 0 Å². The number of carboxylic acid groups (broad SMARTS) is 1. The average Bonchev–Trinajstić information content (AvgIpc) is 2.65. The maximum absolute atomic E-state index is 11.2. The van der Waals surface area contributed by atoms with E-state index in [-0.39, 0.29) is 0 Å². The molecule has 1 amide bonds. The molecule has 5 heteroatoms. The van der Waals surface area contributed by atoms with Crippen molar-refractivity contribution in [3.63, 3.8) is 0 Å². The first-order valence-corrected chi connectivity index (χ1v) is 9.51. The quantitative estimate of drug-likeness (QED) is 0.888. The predicted octanol–water partition coefficient (Wildman–Crippen LogP) is 3.41. The van der Waals surface area contributed by atoms with Crippen LogP contribution in [0.2, 0.25) is 0 Å². The van der Waals surface area contributed by atoms with E-state index in [2.05, 4.69) is 30.0 Å². The van der Waals surface area contributed by atoms with Gasteiger partial charge < -0.3 is 14.7 Å². The lowest BCUT2D eigenvalue weighted by Crippen LogP contribution is -2.51. The minimum absolute atomic E-state index is 0.507. The van der Waals surface area contributed by atoms with E-state index in [0.29, 0.717) is 25.2 Å². The Labute approximate surface area is 150 Å². The third-order valence-corrected chi connectivity index (χ3v) is 5.77. The molecule has 1 N–H and O–H groups in total. The van der Waals surface area contributed by atoms with Crippen molar-refractivity contribution >= 4 is 6.09 Å². The number of nitrogens with zero attached hydrogens (tertiary/aromatic N) is 2. The van der Waals surface area contributed by atoms with Gasteiger partial charge in [-0.3, -0.25) is 4.90 Å². The maximum atomic E-state index is 11.2. The van der Waals surface area contributed by atoms with E-state index < -0.39 is 6.09 Å². The Kier molecular flexibility index (Phi) is 5.84. The number of fused-ring (bicyclic) bond motifs is 1. The highest BCUT2D eigenvalue weighted by atomic mass is 16.5. The fourth-order valence-electron chi connectivity index (χ4n) is 4.43. The zero-order valence-corrected chi connectivity index (χ0v) is 15.4. The van der Waals surface area contributed by atoms with E-state index in [1.165, 1.54) is 17.5 Å². The molecule has 1 unspecified atom stereocenters. The zero-order chi connectivity index (χ0) is 17.8. The van der Waals surface area contributed by atoms with Crippen LogP contribution >= 0.6 is 0 Å². The van der Waals surface area contributed by atoms with Gasteiger partial charge in [0.2, 0.25) is 0 Å². The second-order valence-electron chi connectivity index (χ2n) is 7.27. The van der Waals surface area contributed by atoms with Crippen LogP contribution in [0.1, 0.15) is 43.7 Å². The summed E-state index contributed by atoms with van der Waals surface area (Å²) in [7, 11) is 1.72. The molecule has 1 aromatic carbocycles. The molecule has 1 aromatic rings. The molecule has 1 aliphatic carbocycles. The summed E-state index contributed by atoms with van der Waals surface area (Å²) in [6.45, 7) is 4.66. The van der Waals surface area contributed by atoms with Crippen LogP contribution < -0.4 is 4.74 Å². The van der Waals surface area contributed by atoms with Gasteiger partial charge in [-0.2, -0.15) is 0 Å². The molecule has 1 saturated heterocycles. The number of ether oxygens (including phenoxy) is 1. The van der Waals surface area contributed by atoms with Gasteiger partial charge in [-0.05, 0) is 68.3 Å². The molecule has 0 aromatic heterocycles. The van der Waals surface area contributed by atoms with Crippen molar-refractivity contribution in [2.24, 2.45) is 0 Å². The lowest BCUT2D eigenvalue weighted by Gasteiger charge is -2.43. The third kappa shape index (κ3) is 4.09. The Morgan fingerprint density at radius 2 is 2.00 bits per heavy atom. The molecule has 0 spiro atoms. The third-order valence-electron chi connectivity index (χ3n) is 5.77. The lowest BCUT2D eigenvalue weighted by atomic mass is 9.86. The molecule has 0 saturated carbocycles. The summed E-state index contributed by atoms with van der Waals surface area (Å²) in [4.78, 5) is 15.4. The molecule has 1 fully saturated rings. The Hall–Kier alpha value is -1.75. The molecular formula is C20H30N2O3. The largest absolute Gasteiger partial charge is 0.497 e. The van der Waals surface area contributed by atoms with Crippen molar-refractivity contribution < 1.29 is 14.6 Å². The number of aryl methyl sites for hydroxylation is 1. The van der Waals surface area contributed by atoms with E-state index >= 15 is 0 Å². The smallest absolute Gasteiger partial charge is 0.407 e. The number of piperidine rings is 1. The summed E-state index contributed by atoms with van der Waals surface area (Å²) in [5.41, 5.74) is 2.87. The molecule has 0 radical (unpaired) electrons. The van der Waals surface area contributed by atoms with Crippen LogP contribution in [0.15, 0.2) is 18.2 Å². The Morgan fingerprint density at radius 1 is 1.24 bits per heavy atom. The number of hydrogen-bond acceptors (Lipinski definition) is 3. The van der Waals surface area contributed by atoms with Crippen LogP contribution in [0, 0.1) is 0 Å². The first-order valence-electron chi connectivity index (χ1n) is 9.51. The molecule has 3 rings (SSSR count). The number of likely N-dealkylation sites (tertiary alicyclic amines) is 1. The van der Waals surface area contributed by atoms with Crippen molar-refractivity contribution in [3.05, 3.63) is 29.3 Å². The van der Waals surface area contributed by atoms with Crippen LogP contribution in [0.25, 0.3) is 0 Å². The lowest BCUT2D eigenvalue weighted by molar-refractivity contribution is 0.0648. The standard InChI is InChI=1S/C20H30N2O3/c1-3-10-22(17-8-11-21(12-9-17)20(23)24)18-6-4-15-5-7-19(25-2)14-16(15)13-18/h5,7,14,17-18H,3-4,6,8-13H2,1-2H3,(H,23,24). The highest BCUT2D eigenvalue weighted by molar-refractivity contribution is 5.65. The van der Waals surface area contributed by atoms with E-state index in [0.717, 1.165) is 44.4 Å². The molecule has 1 atom stereocenters. The first kappa shape index (κ1) is 18.1. The van der Waals surface area contributed by atoms with E-state index in [9.17, 15) is 9.90 Å². The van der Waals surface area contributed by atoms with Crippen molar-refractivity contribution in [2.75, 3.05) is 26.7 Å². The fraction of sp³-hybridized carbons (Fsp3) is 0.650. The van der Waals surface area contributed by atoms with Crippen LogP contribution in [0.3, 0.4) is 0 Å². The van der Waals surface area contributed by atoms with Gasteiger partial charge in [0.1, 0.15) is 5.75 Å². The second kappa shape index (κ2) is 8.09. The number of rotatable bonds is 5. The summed E-state index contributed by atoms with van der Waals surface area (Å²) in [5, 5.41) is 9.17. The number of amides is 1. The molecule has 0 bridgehead atoms. The van der Waals surface area contributed by atoms with Gasteiger partial charge in [0, 0.05) is 25.2 Å². The summed E-state index contributed by atoms with van der Waals surface area (Å²) in [5.74, 6) is 0.941. The van der Waals surface area contributed by atoms with Crippen LogP contribution in [0.4, 0.5) is 4.79 Å². The number of hydrogen-bond donors (Lipinski definition) is 1. The van der Waals surface area contributed by atoms with Gasteiger partial charge in [-0.15, -0.1) is 0 Å². The first-order chi connectivity index (χ1) is 12.1. The molecule has 25 heavy (non-hydrogen) atoms. The second-order valence-corrected chi connectivity index (χ2v) is 7.27. The summed E-state index contributed by atoms with van der Waals surface area (Å²) in [6, 6.07) is 7.53. The molecular weight excluding hydrogens is 316 g/mol. The van der Waals surface area contributed by atoms with E-state index in [4.69, 9.17) is 4.74 Å². The van der Waals surface area contributed by atoms with Crippen LogP contribution in [-0.4, -0.2) is 59.8 Å². The van der Waals surface area contributed by atoms with Crippen LogP contribution in [-0.2, 0) is 12.8 Å². The van der Waals surface area contributed by atoms with Crippen molar-refractivity contribution in [2.45, 2.75) is 57.5 Å². The van der Waals surface area contributed by atoms with Crippen molar-refractivity contribution in [1.29, 1.82) is 0 Å². The molecule has 1 aliphatic heterocycles. The number of benzene rings is 1. The number of carbonyl (C=O) groups is 1. The Balaban J connectivity index is 1.70. The Morgan fingerprint density at radius 3 is 2.64 bits per heavy atom. The normalized spacial score (nSPS) is 21.2. The summed E-state index contributed by atoms with van der Waals surface area (Å²) < 4.78 is 5.40. The minimum atomic E-state index is -0.779. The predicted molar refractivity (Wildman–Crippen MR) is 98.4 cm³/mol. The van der Waals surface area contributed by atoms with Gasteiger partial charge in [-0.1, -0.05) is 13.0 Å². The topological polar surface area (TPSA) is 53.0 Å². The van der Waals surface area contributed by atoms with Gasteiger partial charge in [-0.25, -0.2) is 4.79 Å². The van der Waals surface area contributed by atoms with Gasteiger partial charge in [0.25, 0.3) is 0 Å². The molecule has 1 heterocycles. The van der Waals surface area contributed by atoms with Gasteiger partial charge in [0.05, 0.1) is 7.11 Å². The minimum Gasteiger partial charge on any atom is -0.497 e. The zero-order valence-electron chi connectivity index (χ0n) is 15.4. The summed E-state index contributed by atoms with van der Waals surface area (Å²) >= 11 is 0. The van der Waals surface area contributed by atoms with Crippen molar-refractivity contribution in [1.82, 2.24) is 9.80 Å². The molecule has 138 valence electrons. The number of methoxy groups -OCH3 is 1. The van der Waals surface area contributed by atoms with E-state index in [1.54, 1.807) is 12.0 Å². The van der Waals surface area contributed by atoms with Gasteiger partial charge >= 0.3 is 6.09 Å². The van der Waals surface area contributed by atoms with Gasteiger partial charge in [0.15, 0.2) is 0 Å². The fourth-order valence-corrected chi connectivity index (χ4v) is 4.43. The summed E-state index contributed by atoms with van der Waals surface area (Å²) in [6.07, 6.45) is 5.66. The molecule has 2 aliphatic rings. The maximum Gasteiger partial charge on any atom is 0.407 e. The molecule has 5 nitrogen and oxygen atoms in total. The average molecular weight is 346 g/mol. The highest BCUT2D eigenvalue weighted by Gasteiger charge is 2.32.